The Morgan fingerprint density at radius 2 is 1.75 bits per heavy atom. The largest absolute Gasteiger partial charge is 0.310 e. The van der Waals surface area contributed by atoms with Crippen LogP contribution in [0, 0.1) is 5.82 Å². The number of hydrogen-bond acceptors (Lipinski definition) is 3. The van der Waals surface area contributed by atoms with Gasteiger partial charge in [-0.2, -0.15) is 4.31 Å². The first kappa shape index (κ1) is 16.6. The fraction of sp³-hybridized carbons (Fsp3) is 0.235. The molecule has 0 saturated carbocycles. The molecule has 24 heavy (non-hydrogen) atoms. The van der Waals surface area contributed by atoms with Crippen LogP contribution in [0.25, 0.3) is 0 Å². The van der Waals surface area contributed by atoms with E-state index >= 15 is 0 Å². The van der Waals surface area contributed by atoms with Gasteiger partial charge < -0.3 is 4.90 Å². The van der Waals surface area contributed by atoms with Crippen LogP contribution in [0.15, 0.2) is 59.5 Å². The Balaban J connectivity index is 1.88. The molecule has 7 heteroatoms. The van der Waals surface area contributed by atoms with Gasteiger partial charge in [0.1, 0.15) is 11.9 Å². The molecular weight excluding hydrogens is 331 g/mol. The van der Waals surface area contributed by atoms with Crippen LogP contribution in [0.5, 0.6) is 0 Å². The summed E-state index contributed by atoms with van der Waals surface area (Å²) < 4.78 is 40.1. The maximum absolute atomic E-state index is 13.4. The van der Waals surface area contributed by atoms with Crippen molar-refractivity contribution in [3.63, 3.8) is 0 Å². The van der Waals surface area contributed by atoms with Crippen LogP contribution in [0.1, 0.15) is 6.92 Å². The molecule has 0 aliphatic carbocycles. The number of rotatable bonds is 3. The first-order chi connectivity index (χ1) is 11.4. The fourth-order valence-corrected chi connectivity index (χ4v) is 4.41. The van der Waals surface area contributed by atoms with Gasteiger partial charge in [-0.15, -0.1) is 0 Å². The molecule has 5 nitrogen and oxygen atoms in total. The maximum atomic E-state index is 13.4. The van der Waals surface area contributed by atoms with Crippen molar-refractivity contribution in [1.82, 2.24) is 4.31 Å². The topological polar surface area (TPSA) is 57.7 Å². The van der Waals surface area contributed by atoms with Gasteiger partial charge in [-0.3, -0.25) is 4.79 Å². The Morgan fingerprint density at radius 1 is 1.04 bits per heavy atom. The van der Waals surface area contributed by atoms with Gasteiger partial charge in [0.15, 0.2) is 0 Å². The molecule has 1 aliphatic rings. The zero-order chi connectivity index (χ0) is 17.3. The minimum Gasteiger partial charge on any atom is -0.310 e. The van der Waals surface area contributed by atoms with E-state index in [2.05, 4.69) is 0 Å². The van der Waals surface area contributed by atoms with Crippen LogP contribution in [-0.2, 0) is 14.8 Å². The number of hydrogen-bond donors (Lipinski definition) is 0. The van der Waals surface area contributed by atoms with Gasteiger partial charge in [-0.1, -0.05) is 24.3 Å². The smallest absolute Gasteiger partial charge is 0.245 e. The average molecular weight is 348 g/mol. The van der Waals surface area contributed by atoms with E-state index in [1.54, 1.807) is 31.2 Å². The molecule has 1 unspecified atom stereocenters. The molecule has 1 heterocycles. The molecule has 0 spiro atoms. The van der Waals surface area contributed by atoms with Crippen molar-refractivity contribution in [2.24, 2.45) is 0 Å². The number of piperazine rings is 1. The molecular formula is C17H17FN2O3S. The van der Waals surface area contributed by atoms with E-state index in [0.29, 0.717) is 5.69 Å². The highest BCUT2D eigenvalue weighted by Gasteiger charge is 2.39. The first-order valence-corrected chi connectivity index (χ1v) is 8.99. The van der Waals surface area contributed by atoms with Crippen LogP contribution in [0.4, 0.5) is 10.1 Å². The lowest BCUT2D eigenvalue weighted by Crippen LogP contribution is -2.57. The monoisotopic (exact) mass is 348 g/mol. The standard InChI is InChI=1S/C17H17FN2O3S/c1-13-17(21)19(15-7-5-6-14(18)12-15)10-11-20(13)24(22,23)16-8-3-2-4-9-16/h2-9,12-13H,10-11H2,1H3. The third kappa shape index (κ3) is 2.92. The van der Waals surface area contributed by atoms with Crippen molar-refractivity contribution < 1.29 is 17.6 Å². The third-order valence-corrected chi connectivity index (χ3v) is 6.05. The predicted molar refractivity (Wildman–Crippen MR) is 88.5 cm³/mol. The van der Waals surface area contributed by atoms with Gasteiger partial charge in [0.05, 0.1) is 4.90 Å². The molecule has 126 valence electrons. The second kappa shape index (κ2) is 6.33. The highest BCUT2D eigenvalue weighted by Crippen LogP contribution is 2.25. The van der Waals surface area contributed by atoms with Crippen LogP contribution in [0.3, 0.4) is 0 Å². The number of anilines is 1. The van der Waals surface area contributed by atoms with Crippen molar-refractivity contribution in [3.8, 4) is 0 Å². The minimum absolute atomic E-state index is 0.153. The summed E-state index contributed by atoms with van der Waals surface area (Å²) in [4.78, 5) is 14.2. The predicted octanol–water partition coefficient (Wildman–Crippen LogP) is 2.25. The van der Waals surface area contributed by atoms with Gasteiger partial charge in [-0.05, 0) is 37.3 Å². The maximum Gasteiger partial charge on any atom is 0.245 e. The normalized spacial score (nSPS) is 19.5. The number of carbonyl (C=O) groups is 1. The van der Waals surface area contributed by atoms with Crippen molar-refractivity contribution in [2.75, 3.05) is 18.0 Å². The quantitative estimate of drug-likeness (QED) is 0.855. The van der Waals surface area contributed by atoms with Crippen molar-refractivity contribution in [2.45, 2.75) is 17.9 Å². The number of benzene rings is 2. The second-order valence-electron chi connectivity index (χ2n) is 5.57. The number of halogens is 1. The highest BCUT2D eigenvalue weighted by molar-refractivity contribution is 7.89. The second-order valence-corrected chi connectivity index (χ2v) is 7.47. The van der Waals surface area contributed by atoms with E-state index in [0.717, 1.165) is 0 Å². The molecule has 1 amide bonds. The van der Waals surface area contributed by atoms with E-state index in [1.165, 1.54) is 39.5 Å². The molecule has 0 aromatic heterocycles. The van der Waals surface area contributed by atoms with Crippen LogP contribution >= 0.6 is 0 Å². The lowest BCUT2D eigenvalue weighted by Gasteiger charge is -2.38. The molecule has 0 N–H and O–H groups in total. The Bertz CT molecular complexity index is 855. The number of amides is 1. The Labute approximate surface area is 140 Å². The summed E-state index contributed by atoms with van der Waals surface area (Å²) in [5.41, 5.74) is 0.434. The summed E-state index contributed by atoms with van der Waals surface area (Å²) in [5, 5.41) is 0. The minimum atomic E-state index is -3.75. The zero-order valence-electron chi connectivity index (χ0n) is 13.1. The van der Waals surface area contributed by atoms with E-state index in [4.69, 9.17) is 0 Å². The van der Waals surface area contributed by atoms with E-state index < -0.39 is 21.9 Å². The van der Waals surface area contributed by atoms with E-state index in [-0.39, 0.29) is 23.9 Å². The zero-order valence-corrected chi connectivity index (χ0v) is 13.9. The molecule has 0 bridgehead atoms. The summed E-state index contributed by atoms with van der Waals surface area (Å²) in [7, 11) is -3.75. The van der Waals surface area contributed by atoms with Crippen molar-refractivity contribution in [1.29, 1.82) is 0 Å². The molecule has 3 rings (SSSR count). The average Bonchev–Trinajstić information content (AvgIpc) is 2.58. The van der Waals surface area contributed by atoms with Crippen LogP contribution < -0.4 is 4.90 Å². The Morgan fingerprint density at radius 3 is 2.42 bits per heavy atom. The lowest BCUT2D eigenvalue weighted by atomic mass is 10.2. The van der Waals surface area contributed by atoms with Gasteiger partial charge >= 0.3 is 0 Å². The molecule has 2 aromatic rings. The highest BCUT2D eigenvalue weighted by atomic mass is 32.2. The molecule has 1 atom stereocenters. The SMILES string of the molecule is CC1C(=O)N(c2cccc(F)c2)CCN1S(=O)(=O)c1ccccc1. The third-order valence-electron chi connectivity index (χ3n) is 4.07. The summed E-state index contributed by atoms with van der Waals surface area (Å²) in [5.74, 6) is -0.807. The molecule has 1 fully saturated rings. The number of carbonyl (C=O) groups excluding carboxylic acids is 1. The van der Waals surface area contributed by atoms with Crippen LogP contribution in [0.2, 0.25) is 0 Å². The summed E-state index contributed by atoms with van der Waals surface area (Å²) in [6.07, 6.45) is 0. The summed E-state index contributed by atoms with van der Waals surface area (Å²) in [6.45, 7) is 1.88. The molecule has 1 aliphatic heterocycles. The van der Waals surface area contributed by atoms with Crippen molar-refractivity contribution in [3.05, 3.63) is 60.4 Å². The molecule has 1 saturated heterocycles. The number of nitrogens with zero attached hydrogens (tertiary/aromatic N) is 2. The molecule has 2 aromatic carbocycles. The first-order valence-electron chi connectivity index (χ1n) is 7.55. The van der Waals surface area contributed by atoms with Crippen LogP contribution in [-0.4, -0.2) is 37.8 Å². The Kier molecular flexibility index (Phi) is 4.38. The Hall–Kier alpha value is -2.25. The fourth-order valence-electron chi connectivity index (χ4n) is 2.81. The van der Waals surface area contributed by atoms with Gasteiger partial charge in [0.25, 0.3) is 0 Å². The van der Waals surface area contributed by atoms with E-state index in [1.807, 2.05) is 0 Å². The van der Waals surface area contributed by atoms with Crippen molar-refractivity contribution >= 4 is 21.6 Å². The summed E-state index contributed by atoms with van der Waals surface area (Å²) in [6, 6.07) is 12.9. The number of sulfonamides is 1. The van der Waals surface area contributed by atoms with Gasteiger partial charge in [-0.25, -0.2) is 12.8 Å². The lowest BCUT2D eigenvalue weighted by molar-refractivity contribution is -0.123. The summed E-state index contributed by atoms with van der Waals surface area (Å²) >= 11 is 0. The molecule has 0 radical (unpaired) electrons. The van der Waals surface area contributed by atoms with Gasteiger partial charge in [0, 0.05) is 18.8 Å². The van der Waals surface area contributed by atoms with Gasteiger partial charge in [0.2, 0.25) is 15.9 Å². The van der Waals surface area contributed by atoms with E-state index in [9.17, 15) is 17.6 Å².